The van der Waals surface area contributed by atoms with Gasteiger partial charge in [-0.1, -0.05) is 52.0 Å². The van der Waals surface area contributed by atoms with Gasteiger partial charge in [-0.3, -0.25) is 0 Å². The maximum atomic E-state index is 6.63. The molecule has 1 atom stereocenters. The van der Waals surface area contributed by atoms with Crippen molar-refractivity contribution in [1.29, 1.82) is 0 Å². The Labute approximate surface area is 184 Å². The molecule has 0 fully saturated rings. The average molecular weight is 412 g/mol. The monoisotopic (exact) mass is 411 g/mol. The summed E-state index contributed by atoms with van der Waals surface area (Å²) in [6, 6.07) is 12.6. The number of nitrogens with two attached hydrogens (primary N) is 1. The van der Waals surface area contributed by atoms with Gasteiger partial charge in [0.25, 0.3) is 0 Å². The van der Waals surface area contributed by atoms with Crippen molar-refractivity contribution in [3.63, 3.8) is 0 Å². The average Bonchev–Trinajstić information content (AvgIpc) is 2.63. The molecule has 2 rings (SSSR count). The number of benzene rings is 2. The van der Waals surface area contributed by atoms with Gasteiger partial charge in [0.2, 0.25) is 0 Å². The van der Waals surface area contributed by atoms with Crippen LogP contribution in [0.1, 0.15) is 83.7 Å². The van der Waals surface area contributed by atoms with Crippen LogP contribution in [0.4, 0.5) is 0 Å². The summed E-state index contributed by atoms with van der Waals surface area (Å²) in [7, 11) is 0. The minimum absolute atomic E-state index is 0.101. The van der Waals surface area contributed by atoms with Crippen LogP contribution in [0.3, 0.4) is 0 Å². The summed E-state index contributed by atoms with van der Waals surface area (Å²) in [5, 5.41) is 0. The molecule has 0 spiro atoms. The van der Waals surface area contributed by atoms with Crippen LogP contribution in [0.5, 0.6) is 11.5 Å². The number of ether oxygens (including phenoxy) is 2. The standard InChI is InChI=1S/C27H41NO2/c1-9-29-20(6)26-23(27(7,8)28)13-11-15-25(26)30-24-14-10-12-21(16-18(2)3)22(24)17-19(4)5/h10-15,18-20H,9,16-17,28H2,1-8H3. The van der Waals surface area contributed by atoms with Crippen molar-refractivity contribution >= 4 is 0 Å². The second-order valence-corrected chi connectivity index (χ2v) is 9.73. The lowest BCUT2D eigenvalue weighted by atomic mass is 9.88. The third kappa shape index (κ3) is 6.33. The molecule has 30 heavy (non-hydrogen) atoms. The fourth-order valence-corrected chi connectivity index (χ4v) is 4.04. The molecule has 3 heteroatoms. The zero-order valence-corrected chi connectivity index (χ0v) is 20.2. The molecule has 0 aliphatic rings. The predicted octanol–water partition coefficient (Wildman–Crippen LogP) is 7.17. The molecule has 0 aliphatic heterocycles. The maximum absolute atomic E-state index is 6.63. The van der Waals surface area contributed by atoms with E-state index in [1.807, 2.05) is 32.9 Å². The van der Waals surface area contributed by atoms with Gasteiger partial charge in [0.15, 0.2) is 0 Å². The van der Waals surface area contributed by atoms with E-state index in [0.717, 1.165) is 35.5 Å². The Bertz CT molecular complexity index is 818. The van der Waals surface area contributed by atoms with Crippen LogP contribution < -0.4 is 10.5 Å². The molecule has 0 amide bonds. The van der Waals surface area contributed by atoms with Gasteiger partial charge in [-0.2, -0.15) is 0 Å². The summed E-state index contributed by atoms with van der Waals surface area (Å²) in [4.78, 5) is 0. The van der Waals surface area contributed by atoms with E-state index in [4.69, 9.17) is 15.2 Å². The summed E-state index contributed by atoms with van der Waals surface area (Å²) in [6.45, 7) is 17.8. The zero-order chi connectivity index (χ0) is 22.5. The highest BCUT2D eigenvalue weighted by Crippen LogP contribution is 2.39. The highest BCUT2D eigenvalue weighted by Gasteiger charge is 2.26. The van der Waals surface area contributed by atoms with Crippen LogP contribution >= 0.6 is 0 Å². The number of hydrogen-bond donors (Lipinski definition) is 1. The number of rotatable bonds is 10. The summed E-state index contributed by atoms with van der Waals surface area (Å²) < 4.78 is 12.6. The molecular formula is C27H41NO2. The van der Waals surface area contributed by atoms with Gasteiger partial charge in [0.05, 0.1) is 6.10 Å². The molecule has 3 nitrogen and oxygen atoms in total. The third-order valence-corrected chi connectivity index (χ3v) is 5.27. The second-order valence-electron chi connectivity index (χ2n) is 9.73. The fraction of sp³-hybridized carbons (Fsp3) is 0.556. The summed E-state index contributed by atoms with van der Waals surface area (Å²) in [6.07, 6.45) is 1.95. The van der Waals surface area contributed by atoms with Crippen molar-refractivity contribution in [1.82, 2.24) is 0 Å². The van der Waals surface area contributed by atoms with E-state index in [2.05, 4.69) is 58.9 Å². The normalized spacial score (nSPS) is 13.2. The molecule has 2 aromatic rings. The molecule has 0 heterocycles. The van der Waals surface area contributed by atoms with Crippen LogP contribution in [0.25, 0.3) is 0 Å². The molecule has 2 N–H and O–H groups in total. The first-order valence-corrected chi connectivity index (χ1v) is 11.4. The van der Waals surface area contributed by atoms with E-state index >= 15 is 0 Å². The van der Waals surface area contributed by atoms with Crippen molar-refractivity contribution in [2.75, 3.05) is 6.61 Å². The van der Waals surface area contributed by atoms with Crippen molar-refractivity contribution in [3.05, 3.63) is 58.7 Å². The van der Waals surface area contributed by atoms with Crippen LogP contribution in [-0.4, -0.2) is 6.61 Å². The van der Waals surface area contributed by atoms with Gasteiger partial charge < -0.3 is 15.2 Å². The van der Waals surface area contributed by atoms with Crippen molar-refractivity contribution < 1.29 is 9.47 Å². The largest absolute Gasteiger partial charge is 0.457 e. The Kier molecular flexibility index (Phi) is 8.52. The van der Waals surface area contributed by atoms with Crippen LogP contribution in [0.2, 0.25) is 0 Å². The topological polar surface area (TPSA) is 44.5 Å². The van der Waals surface area contributed by atoms with Gasteiger partial charge in [0, 0.05) is 17.7 Å². The van der Waals surface area contributed by atoms with Crippen LogP contribution in [0.15, 0.2) is 36.4 Å². The lowest BCUT2D eigenvalue weighted by Gasteiger charge is -2.28. The fourth-order valence-electron chi connectivity index (χ4n) is 4.04. The highest BCUT2D eigenvalue weighted by molar-refractivity contribution is 5.49. The second kappa shape index (κ2) is 10.5. The molecule has 166 valence electrons. The molecule has 0 saturated heterocycles. The number of hydrogen-bond acceptors (Lipinski definition) is 3. The van der Waals surface area contributed by atoms with Gasteiger partial charge in [-0.15, -0.1) is 0 Å². The van der Waals surface area contributed by atoms with Crippen molar-refractivity contribution in [2.24, 2.45) is 17.6 Å². The molecular weight excluding hydrogens is 370 g/mol. The van der Waals surface area contributed by atoms with Crippen LogP contribution in [0, 0.1) is 11.8 Å². The Balaban J connectivity index is 2.59. The molecule has 0 radical (unpaired) electrons. The first-order valence-electron chi connectivity index (χ1n) is 11.4. The molecule has 2 aromatic carbocycles. The summed E-state index contributed by atoms with van der Waals surface area (Å²) >= 11 is 0. The van der Waals surface area contributed by atoms with Gasteiger partial charge in [0.1, 0.15) is 11.5 Å². The van der Waals surface area contributed by atoms with E-state index in [9.17, 15) is 0 Å². The lowest BCUT2D eigenvalue weighted by molar-refractivity contribution is 0.0734. The lowest BCUT2D eigenvalue weighted by Crippen LogP contribution is -2.30. The Hall–Kier alpha value is -1.84. The maximum Gasteiger partial charge on any atom is 0.133 e. The first-order chi connectivity index (χ1) is 14.0. The van der Waals surface area contributed by atoms with Gasteiger partial charge in [-0.25, -0.2) is 0 Å². The predicted molar refractivity (Wildman–Crippen MR) is 127 cm³/mol. The minimum Gasteiger partial charge on any atom is -0.457 e. The third-order valence-electron chi connectivity index (χ3n) is 5.27. The quantitative estimate of drug-likeness (QED) is 0.451. The van der Waals surface area contributed by atoms with Crippen LogP contribution in [-0.2, 0) is 23.1 Å². The van der Waals surface area contributed by atoms with E-state index in [1.54, 1.807) is 0 Å². The zero-order valence-electron chi connectivity index (χ0n) is 20.2. The smallest absolute Gasteiger partial charge is 0.133 e. The van der Waals surface area contributed by atoms with E-state index < -0.39 is 5.54 Å². The van der Waals surface area contributed by atoms with Crippen molar-refractivity contribution in [3.8, 4) is 11.5 Å². The van der Waals surface area contributed by atoms with Gasteiger partial charge >= 0.3 is 0 Å². The van der Waals surface area contributed by atoms with Gasteiger partial charge in [-0.05, 0) is 81.2 Å². The van der Waals surface area contributed by atoms with E-state index in [-0.39, 0.29) is 6.10 Å². The Morgan fingerprint density at radius 2 is 1.47 bits per heavy atom. The Morgan fingerprint density at radius 3 is 2.03 bits per heavy atom. The SMILES string of the molecule is CCOC(C)c1c(Oc2cccc(CC(C)C)c2CC(C)C)cccc1C(C)(C)N. The molecule has 0 bridgehead atoms. The summed E-state index contributed by atoms with van der Waals surface area (Å²) in [5.74, 6) is 2.93. The highest BCUT2D eigenvalue weighted by atomic mass is 16.5. The Morgan fingerprint density at radius 1 is 0.867 bits per heavy atom. The van der Waals surface area contributed by atoms with E-state index in [0.29, 0.717) is 18.4 Å². The minimum atomic E-state index is -0.486. The molecule has 0 saturated carbocycles. The first kappa shape index (κ1) is 24.4. The van der Waals surface area contributed by atoms with E-state index in [1.165, 1.54) is 11.1 Å². The molecule has 0 aliphatic carbocycles. The molecule has 1 unspecified atom stereocenters. The molecule has 0 aromatic heterocycles. The van der Waals surface area contributed by atoms with Crippen molar-refractivity contribution in [2.45, 2.75) is 79.9 Å². The summed E-state index contributed by atoms with van der Waals surface area (Å²) in [5.41, 5.74) is 10.8.